The summed E-state index contributed by atoms with van der Waals surface area (Å²) in [5, 5.41) is 0. The lowest BCUT2D eigenvalue weighted by atomic mass is 9.99. The van der Waals surface area contributed by atoms with Crippen molar-refractivity contribution in [2.75, 3.05) is 13.1 Å². The molecule has 12 heavy (non-hydrogen) atoms. The van der Waals surface area contributed by atoms with Crippen LogP contribution in [0.4, 0.5) is 0 Å². The maximum Gasteiger partial charge on any atom is 0.419 e. The van der Waals surface area contributed by atoms with Crippen LogP contribution in [0.1, 0.15) is 26.7 Å². The van der Waals surface area contributed by atoms with Gasteiger partial charge in [-0.05, 0) is 25.7 Å². The number of nitrogens with zero attached hydrogens (tertiary/aromatic N) is 1. The second-order valence-electron chi connectivity index (χ2n) is 3.52. The van der Waals surface area contributed by atoms with Crippen molar-refractivity contribution >= 4 is 6.47 Å². The van der Waals surface area contributed by atoms with Gasteiger partial charge in [0.25, 0.3) is 0 Å². The second kappa shape index (κ2) is 4.45. The van der Waals surface area contributed by atoms with Crippen molar-refractivity contribution in [3.05, 3.63) is 0 Å². The summed E-state index contributed by atoms with van der Waals surface area (Å²) in [6, 6.07) is 0. The molecule has 0 aromatic rings. The molecule has 69 valence electrons. The summed E-state index contributed by atoms with van der Waals surface area (Å²) < 4.78 is 4.74. The topological polar surface area (TPSA) is 29.5 Å². The van der Waals surface area contributed by atoms with Crippen molar-refractivity contribution in [3.63, 3.8) is 0 Å². The third kappa shape index (κ3) is 2.48. The highest BCUT2D eigenvalue weighted by Gasteiger charge is 2.20. The molecule has 0 aromatic carbocycles. The summed E-state index contributed by atoms with van der Waals surface area (Å²) >= 11 is 0. The molecule has 1 rings (SSSR count). The Bertz CT molecular complexity index is 141. The van der Waals surface area contributed by atoms with Crippen LogP contribution in [-0.2, 0) is 9.53 Å². The molecule has 0 aromatic heterocycles. The van der Waals surface area contributed by atoms with Gasteiger partial charge in [0.05, 0.1) is 0 Å². The van der Waals surface area contributed by atoms with Crippen molar-refractivity contribution in [1.82, 2.24) is 4.90 Å². The molecule has 1 saturated heterocycles. The first-order chi connectivity index (χ1) is 5.74. The minimum absolute atomic E-state index is 0.102. The highest BCUT2D eigenvalue weighted by Crippen LogP contribution is 2.17. The summed E-state index contributed by atoms with van der Waals surface area (Å²) in [7, 11) is 0. The van der Waals surface area contributed by atoms with Crippen LogP contribution in [0, 0.1) is 5.92 Å². The van der Waals surface area contributed by atoms with Gasteiger partial charge in [0.2, 0.25) is 0 Å². The van der Waals surface area contributed by atoms with Crippen molar-refractivity contribution in [1.29, 1.82) is 0 Å². The maximum atomic E-state index is 9.95. The lowest BCUT2D eigenvalue weighted by Crippen LogP contribution is -2.40. The highest BCUT2D eigenvalue weighted by molar-refractivity contribution is 5.38. The van der Waals surface area contributed by atoms with E-state index in [1.54, 1.807) is 0 Å². The molecule has 1 aliphatic heterocycles. The number of likely N-dealkylation sites (tertiary alicyclic amines) is 1. The number of ether oxygens (including phenoxy) is 1. The molecule has 0 spiro atoms. The van der Waals surface area contributed by atoms with E-state index in [1.807, 2.05) is 6.92 Å². The largest absolute Gasteiger partial charge is 0.438 e. The molecule has 1 atom stereocenters. The summed E-state index contributed by atoms with van der Waals surface area (Å²) in [5.41, 5.74) is 0. The molecule has 0 bridgehead atoms. The van der Waals surface area contributed by atoms with E-state index in [-0.39, 0.29) is 6.23 Å². The molecular weight excluding hydrogens is 154 g/mol. The van der Waals surface area contributed by atoms with E-state index >= 15 is 0 Å². The monoisotopic (exact) mass is 170 g/mol. The van der Waals surface area contributed by atoms with Gasteiger partial charge >= 0.3 is 6.47 Å². The smallest absolute Gasteiger partial charge is 0.419 e. The van der Waals surface area contributed by atoms with Crippen molar-refractivity contribution in [2.45, 2.75) is 32.9 Å². The molecule has 0 N–H and O–H groups in total. The quantitative estimate of drug-likeness (QED) is 0.636. The fourth-order valence-electron chi connectivity index (χ4n) is 1.54. The molecule has 3 heteroatoms. The Labute approximate surface area is 73.7 Å². The lowest BCUT2D eigenvalue weighted by Gasteiger charge is -2.33. The molecular formula is C9H16NO2. The number of piperidine rings is 1. The van der Waals surface area contributed by atoms with E-state index in [4.69, 9.17) is 4.74 Å². The van der Waals surface area contributed by atoms with E-state index in [0.29, 0.717) is 0 Å². The molecule has 3 nitrogen and oxygen atoms in total. The van der Waals surface area contributed by atoms with Gasteiger partial charge in [-0.25, -0.2) is 4.79 Å². The summed E-state index contributed by atoms with van der Waals surface area (Å²) in [4.78, 5) is 12.1. The number of hydrogen-bond acceptors (Lipinski definition) is 3. The Morgan fingerprint density at radius 3 is 2.58 bits per heavy atom. The van der Waals surface area contributed by atoms with Crippen LogP contribution in [0.25, 0.3) is 0 Å². The predicted octanol–water partition coefficient (Wildman–Crippen LogP) is 1.15. The zero-order valence-corrected chi connectivity index (χ0v) is 7.75. The number of rotatable bonds is 3. The average Bonchev–Trinajstić information content (AvgIpc) is 2.06. The minimum Gasteiger partial charge on any atom is -0.438 e. The third-order valence-electron chi connectivity index (χ3n) is 2.55. The fraction of sp³-hybridized carbons (Fsp3) is 0.889. The van der Waals surface area contributed by atoms with Gasteiger partial charge in [-0.15, -0.1) is 0 Å². The van der Waals surface area contributed by atoms with Gasteiger partial charge in [-0.2, -0.15) is 0 Å². The Balaban J connectivity index is 2.28. The zero-order valence-electron chi connectivity index (χ0n) is 7.75. The van der Waals surface area contributed by atoms with Crippen LogP contribution >= 0.6 is 0 Å². The van der Waals surface area contributed by atoms with Gasteiger partial charge < -0.3 is 4.74 Å². The van der Waals surface area contributed by atoms with Gasteiger partial charge in [-0.3, -0.25) is 4.90 Å². The van der Waals surface area contributed by atoms with Crippen LogP contribution in [0.5, 0.6) is 0 Å². The Hall–Kier alpha value is -0.570. The van der Waals surface area contributed by atoms with E-state index in [1.165, 1.54) is 19.3 Å². The van der Waals surface area contributed by atoms with Crippen LogP contribution in [0.3, 0.4) is 0 Å². The van der Waals surface area contributed by atoms with E-state index in [9.17, 15) is 4.79 Å². The standard InChI is InChI=1S/C9H16NO2/c1-8-3-5-10(6-4-8)9(2)12-7-11/h8-9H,3-6H2,1-2H3. The van der Waals surface area contributed by atoms with E-state index in [0.717, 1.165) is 19.0 Å². The first-order valence-corrected chi connectivity index (χ1v) is 4.51. The zero-order chi connectivity index (χ0) is 8.97. The summed E-state index contributed by atoms with van der Waals surface area (Å²) in [5.74, 6) is 0.814. The molecule has 1 aliphatic rings. The Kier molecular flexibility index (Phi) is 3.53. The molecule has 1 radical (unpaired) electrons. The molecule has 1 unspecified atom stereocenters. The van der Waals surface area contributed by atoms with Gasteiger partial charge in [0.1, 0.15) is 0 Å². The predicted molar refractivity (Wildman–Crippen MR) is 46.2 cm³/mol. The lowest BCUT2D eigenvalue weighted by molar-refractivity contribution is 0.00648. The molecule has 0 amide bonds. The number of hydrogen-bond donors (Lipinski definition) is 0. The Morgan fingerprint density at radius 1 is 1.50 bits per heavy atom. The SMILES string of the molecule is CC1CCN(C(C)O[C]=O)CC1. The van der Waals surface area contributed by atoms with Gasteiger partial charge in [-0.1, -0.05) is 6.92 Å². The van der Waals surface area contributed by atoms with Crippen molar-refractivity contribution in [2.24, 2.45) is 5.92 Å². The highest BCUT2D eigenvalue weighted by atomic mass is 16.5. The summed E-state index contributed by atoms with van der Waals surface area (Å²) in [6.45, 7) is 7.70. The number of carbonyl (C=O) groups excluding carboxylic acids is 1. The van der Waals surface area contributed by atoms with Crippen molar-refractivity contribution in [3.8, 4) is 0 Å². The second-order valence-corrected chi connectivity index (χ2v) is 3.52. The first kappa shape index (κ1) is 9.52. The van der Waals surface area contributed by atoms with Crippen LogP contribution in [-0.4, -0.2) is 30.7 Å². The maximum absolute atomic E-state index is 9.95. The third-order valence-corrected chi connectivity index (χ3v) is 2.55. The average molecular weight is 170 g/mol. The molecule has 0 saturated carbocycles. The fourth-order valence-corrected chi connectivity index (χ4v) is 1.54. The van der Waals surface area contributed by atoms with Crippen LogP contribution in [0.15, 0.2) is 0 Å². The van der Waals surface area contributed by atoms with E-state index < -0.39 is 0 Å². The summed E-state index contributed by atoms with van der Waals surface area (Å²) in [6.07, 6.45) is 2.30. The molecule has 1 heterocycles. The van der Waals surface area contributed by atoms with Crippen molar-refractivity contribution < 1.29 is 9.53 Å². The van der Waals surface area contributed by atoms with E-state index in [2.05, 4.69) is 11.8 Å². The first-order valence-electron chi connectivity index (χ1n) is 4.51. The Morgan fingerprint density at radius 2 is 2.08 bits per heavy atom. The molecule has 0 aliphatic carbocycles. The van der Waals surface area contributed by atoms with Gasteiger partial charge in [0.15, 0.2) is 6.23 Å². The van der Waals surface area contributed by atoms with Crippen LogP contribution in [0.2, 0.25) is 0 Å². The van der Waals surface area contributed by atoms with Crippen LogP contribution < -0.4 is 0 Å². The minimum atomic E-state index is -0.102. The molecule has 1 fully saturated rings. The normalized spacial score (nSPS) is 23.5. The van der Waals surface area contributed by atoms with Gasteiger partial charge in [0, 0.05) is 13.1 Å².